The molecule has 2 N–H and O–H groups in total. The molecule has 3 heteroatoms. The third kappa shape index (κ3) is 3.85. The van der Waals surface area contributed by atoms with E-state index in [4.69, 9.17) is 0 Å². The van der Waals surface area contributed by atoms with E-state index >= 15 is 0 Å². The predicted molar refractivity (Wildman–Crippen MR) is 85.4 cm³/mol. The summed E-state index contributed by atoms with van der Waals surface area (Å²) in [5, 5.41) is 6.43. The molecule has 114 valence electrons. The molecule has 1 aliphatic carbocycles. The fourth-order valence-electron chi connectivity index (χ4n) is 3.62. The lowest BCUT2D eigenvalue weighted by molar-refractivity contribution is 0.0952. The number of hydrogen-bond donors (Lipinski definition) is 2. The minimum absolute atomic E-state index is 0.0785. The molecule has 21 heavy (non-hydrogen) atoms. The van der Waals surface area contributed by atoms with Crippen molar-refractivity contribution in [3.8, 4) is 0 Å². The Labute approximate surface area is 127 Å². The van der Waals surface area contributed by atoms with Crippen LogP contribution in [0.1, 0.15) is 60.0 Å². The molecule has 1 aliphatic heterocycles. The van der Waals surface area contributed by atoms with Gasteiger partial charge in [-0.25, -0.2) is 0 Å². The first kappa shape index (κ1) is 14.6. The molecule has 0 atom stereocenters. The summed E-state index contributed by atoms with van der Waals surface area (Å²) in [5.41, 5.74) is 3.46. The Balaban J connectivity index is 1.46. The monoisotopic (exact) mass is 286 g/mol. The second kappa shape index (κ2) is 7.08. The molecule has 0 bridgehead atoms. The Morgan fingerprint density at radius 1 is 1.24 bits per heavy atom. The van der Waals surface area contributed by atoms with Gasteiger partial charge in [0.2, 0.25) is 0 Å². The maximum absolute atomic E-state index is 12.2. The van der Waals surface area contributed by atoms with Crippen molar-refractivity contribution >= 4 is 5.91 Å². The molecule has 0 saturated heterocycles. The minimum atomic E-state index is 0.0785. The lowest BCUT2D eigenvalue weighted by Crippen LogP contribution is -2.27. The van der Waals surface area contributed by atoms with E-state index in [9.17, 15) is 4.79 Å². The summed E-state index contributed by atoms with van der Waals surface area (Å²) in [4.78, 5) is 12.2. The fourth-order valence-corrected chi connectivity index (χ4v) is 3.62. The van der Waals surface area contributed by atoms with E-state index in [0.717, 1.165) is 44.0 Å². The van der Waals surface area contributed by atoms with E-state index in [0.29, 0.717) is 0 Å². The van der Waals surface area contributed by atoms with Gasteiger partial charge in [0.15, 0.2) is 0 Å². The molecule has 3 rings (SSSR count). The van der Waals surface area contributed by atoms with Gasteiger partial charge in [0.1, 0.15) is 0 Å². The van der Waals surface area contributed by atoms with E-state index in [1.165, 1.54) is 43.2 Å². The highest BCUT2D eigenvalue weighted by molar-refractivity contribution is 5.94. The molecule has 1 saturated carbocycles. The molecular weight excluding hydrogens is 260 g/mol. The van der Waals surface area contributed by atoms with Gasteiger partial charge in [0.05, 0.1) is 0 Å². The van der Waals surface area contributed by atoms with Crippen LogP contribution < -0.4 is 10.6 Å². The van der Waals surface area contributed by atoms with E-state index in [1.54, 1.807) is 0 Å². The van der Waals surface area contributed by atoms with Gasteiger partial charge < -0.3 is 10.6 Å². The number of nitrogens with one attached hydrogen (secondary N) is 2. The molecule has 0 spiro atoms. The van der Waals surface area contributed by atoms with Gasteiger partial charge in [-0.15, -0.1) is 0 Å². The number of fused-ring (bicyclic) bond motifs is 1. The second-order valence-corrected chi connectivity index (χ2v) is 6.46. The van der Waals surface area contributed by atoms with E-state index < -0.39 is 0 Å². The van der Waals surface area contributed by atoms with Crippen molar-refractivity contribution < 1.29 is 4.79 Å². The molecule has 0 aromatic heterocycles. The average molecular weight is 286 g/mol. The van der Waals surface area contributed by atoms with Crippen molar-refractivity contribution in [2.45, 2.75) is 51.5 Å². The number of carbonyl (C=O) groups excluding carboxylic acids is 1. The summed E-state index contributed by atoms with van der Waals surface area (Å²) in [6, 6.07) is 6.13. The SMILES string of the molecule is O=C(NCCCC1CCCC1)c1ccc2c(c1)CNCC2. The van der Waals surface area contributed by atoms with Crippen LogP contribution in [-0.4, -0.2) is 19.0 Å². The largest absolute Gasteiger partial charge is 0.352 e. The zero-order valence-corrected chi connectivity index (χ0v) is 12.8. The number of carbonyl (C=O) groups is 1. The van der Waals surface area contributed by atoms with Crippen LogP contribution in [0.15, 0.2) is 18.2 Å². The maximum atomic E-state index is 12.2. The highest BCUT2D eigenvalue weighted by Gasteiger charge is 2.15. The number of benzene rings is 1. The van der Waals surface area contributed by atoms with E-state index in [1.807, 2.05) is 12.1 Å². The van der Waals surface area contributed by atoms with Crippen molar-refractivity contribution in [3.63, 3.8) is 0 Å². The van der Waals surface area contributed by atoms with Gasteiger partial charge in [-0.2, -0.15) is 0 Å². The zero-order valence-electron chi connectivity index (χ0n) is 12.8. The standard InChI is InChI=1S/C18H26N2O/c21-18(20-10-3-6-14-4-1-2-5-14)16-8-7-15-9-11-19-13-17(15)12-16/h7-8,12,14,19H,1-6,9-11,13H2,(H,20,21). The second-order valence-electron chi connectivity index (χ2n) is 6.46. The van der Waals surface area contributed by atoms with Gasteiger partial charge in [-0.05, 0) is 55.0 Å². The molecule has 2 aliphatic rings. The highest BCUT2D eigenvalue weighted by atomic mass is 16.1. The topological polar surface area (TPSA) is 41.1 Å². The molecular formula is C18H26N2O. The van der Waals surface area contributed by atoms with Crippen LogP contribution >= 0.6 is 0 Å². The first-order valence-corrected chi connectivity index (χ1v) is 8.43. The molecule has 0 unspecified atom stereocenters. The predicted octanol–water partition coefficient (Wildman–Crippen LogP) is 3.03. The van der Waals surface area contributed by atoms with Crippen LogP contribution in [0.5, 0.6) is 0 Å². The van der Waals surface area contributed by atoms with Crippen LogP contribution in [0.2, 0.25) is 0 Å². The van der Waals surface area contributed by atoms with Crippen LogP contribution in [0.25, 0.3) is 0 Å². The molecule has 1 aromatic carbocycles. The van der Waals surface area contributed by atoms with Crippen LogP contribution in [0.3, 0.4) is 0 Å². The summed E-state index contributed by atoms with van der Waals surface area (Å²) in [6.45, 7) is 2.74. The first-order chi connectivity index (χ1) is 10.3. The third-order valence-corrected chi connectivity index (χ3v) is 4.90. The number of hydrogen-bond acceptors (Lipinski definition) is 2. The summed E-state index contributed by atoms with van der Waals surface area (Å²) < 4.78 is 0. The van der Waals surface area contributed by atoms with Gasteiger partial charge in [0, 0.05) is 18.7 Å². The Bertz CT molecular complexity index is 492. The lowest BCUT2D eigenvalue weighted by Gasteiger charge is -2.17. The first-order valence-electron chi connectivity index (χ1n) is 8.43. The zero-order chi connectivity index (χ0) is 14.5. The van der Waals surface area contributed by atoms with Crippen LogP contribution in [-0.2, 0) is 13.0 Å². The van der Waals surface area contributed by atoms with Crippen LogP contribution in [0.4, 0.5) is 0 Å². The fraction of sp³-hybridized carbons (Fsp3) is 0.611. The normalized spacial score (nSPS) is 18.5. The Kier molecular flexibility index (Phi) is 4.91. The van der Waals surface area contributed by atoms with Crippen molar-refractivity contribution in [2.24, 2.45) is 5.92 Å². The van der Waals surface area contributed by atoms with Crippen LogP contribution in [0, 0.1) is 5.92 Å². The van der Waals surface area contributed by atoms with Gasteiger partial charge >= 0.3 is 0 Å². The maximum Gasteiger partial charge on any atom is 0.251 e. The molecule has 1 heterocycles. The third-order valence-electron chi connectivity index (χ3n) is 4.90. The average Bonchev–Trinajstić information content (AvgIpc) is 3.04. The summed E-state index contributed by atoms with van der Waals surface area (Å²) >= 11 is 0. The summed E-state index contributed by atoms with van der Waals surface area (Å²) in [7, 11) is 0. The lowest BCUT2D eigenvalue weighted by atomic mass is 9.98. The molecule has 1 aromatic rings. The summed E-state index contributed by atoms with van der Waals surface area (Å²) in [6.07, 6.45) is 9.05. The smallest absolute Gasteiger partial charge is 0.251 e. The van der Waals surface area contributed by atoms with Crippen molar-refractivity contribution in [1.82, 2.24) is 10.6 Å². The Hall–Kier alpha value is -1.35. The van der Waals surface area contributed by atoms with Gasteiger partial charge in [0.25, 0.3) is 5.91 Å². The van der Waals surface area contributed by atoms with E-state index in [-0.39, 0.29) is 5.91 Å². The van der Waals surface area contributed by atoms with E-state index in [2.05, 4.69) is 16.7 Å². The van der Waals surface area contributed by atoms with Gasteiger partial charge in [-0.1, -0.05) is 31.7 Å². The quantitative estimate of drug-likeness (QED) is 0.817. The molecule has 1 amide bonds. The minimum Gasteiger partial charge on any atom is -0.352 e. The van der Waals surface area contributed by atoms with Crippen molar-refractivity contribution in [3.05, 3.63) is 34.9 Å². The molecule has 1 fully saturated rings. The molecule has 3 nitrogen and oxygen atoms in total. The van der Waals surface area contributed by atoms with Gasteiger partial charge in [-0.3, -0.25) is 4.79 Å². The van der Waals surface area contributed by atoms with Crippen molar-refractivity contribution in [1.29, 1.82) is 0 Å². The molecule has 0 radical (unpaired) electrons. The number of amides is 1. The van der Waals surface area contributed by atoms with Crippen molar-refractivity contribution in [2.75, 3.05) is 13.1 Å². The summed E-state index contributed by atoms with van der Waals surface area (Å²) in [5.74, 6) is 0.992. The highest BCUT2D eigenvalue weighted by Crippen LogP contribution is 2.28. The Morgan fingerprint density at radius 2 is 2.10 bits per heavy atom. The Morgan fingerprint density at radius 3 is 2.95 bits per heavy atom. The number of rotatable bonds is 5.